The van der Waals surface area contributed by atoms with E-state index in [4.69, 9.17) is 13.6 Å². The van der Waals surface area contributed by atoms with Crippen molar-refractivity contribution in [2.45, 2.75) is 145 Å². The number of phenolic OH excluding ortho intramolecular Hbond substituents is 1. The third-order valence-corrected chi connectivity index (χ3v) is 11.0. The van der Waals surface area contributed by atoms with Gasteiger partial charge < -0.3 is 18.7 Å². The van der Waals surface area contributed by atoms with Crippen LogP contribution in [0.1, 0.15) is 152 Å². The average molecular weight is 709 g/mol. The predicted octanol–water partition coefficient (Wildman–Crippen LogP) is 13.7. The van der Waals surface area contributed by atoms with Gasteiger partial charge >= 0.3 is 8.60 Å². The van der Waals surface area contributed by atoms with Crippen LogP contribution in [0.4, 0.5) is 0 Å². The molecule has 4 nitrogen and oxygen atoms in total. The van der Waals surface area contributed by atoms with Crippen LogP contribution in [0.25, 0.3) is 11.1 Å². The number of fused-ring (bicyclic) bond motifs is 2. The van der Waals surface area contributed by atoms with E-state index in [1.807, 2.05) is 0 Å². The van der Waals surface area contributed by atoms with Crippen LogP contribution in [-0.4, -0.2) is 5.11 Å². The van der Waals surface area contributed by atoms with Crippen molar-refractivity contribution in [3.8, 4) is 34.1 Å². The van der Waals surface area contributed by atoms with Gasteiger partial charge in [-0.1, -0.05) is 138 Å². The van der Waals surface area contributed by atoms with E-state index in [9.17, 15) is 5.11 Å². The molecule has 0 saturated heterocycles. The maximum absolute atomic E-state index is 12.0. The van der Waals surface area contributed by atoms with Crippen molar-refractivity contribution in [3.05, 3.63) is 104 Å². The summed E-state index contributed by atoms with van der Waals surface area (Å²) in [4.78, 5) is 0. The zero-order chi connectivity index (χ0) is 38.2. The molecule has 0 unspecified atom stereocenters. The van der Waals surface area contributed by atoms with E-state index in [1.54, 1.807) is 0 Å². The Morgan fingerprint density at radius 1 is 0.510 bits per heavy atom. The van der Waals surface area contributed by atoms with E-state index in [0.717, 1.165) is 67.1 Å². The van der Waals surface area contributed by atoms with Crippen LogP contribution in [0.5, 0.6) is 23.0 Å². The van der Waals surface area contributed by atoms with Gasteiger partial charge in [-0.15, -0.1) is 0 Å². The van der Waals surface area contributed by atoms with Crippen molar-refractivity contribution in [1.82, 2.24) is 0 Å². The summed E-state index contributed by atoms with van der Waals surface area (Å²) in [6, 6.07) is 17.5. The van der Waals surface area contributed by atoms with Crippen LogP contribution in [0.15, 0.2) is 48.5 Å². The summed E-state index contributed by atoms with van der Waals surface area (Å²) in [6.45, 7) is 37.2. The second-order valence-corrected chi connectivity index (χ2v) is 20.1. The number of rotatable bonds is 3. The number of hydrogen-bond acceptors (Lipinski definition) is 4. The fourth-order valence-corrected chi connectivity index (χ4v) is 8.36. The van der Waals surface area contributed by atoms with Gasteiger partial charge in [0.25, 0.3) is 0 Å². The molecule has 0 fully saturated rings. The molecule has 0 bridgehead atoms. The Morgan fingerprint density at radius 3 is 1.27 bits per heavy atom. The van der Waals surface area contributed by atoms with Crippen molar-refractivity contribution in [1.29, 1.82) is 0 Å². The molecule has 0 aliphatic carbocycles. The molecule has 1 aliphatic heterocycles. The molecular formula is C46H61O4P. The molecular weight excluding hydrogens is 647 g/mol. The first-order valence-electron chi connectivity index (χ1n) is 18.4. The number of phenols is 1. The molecule has 4 aromatic rings. The van der Waals surface area contributed by atoms with Gasteiger partial charge in [-0.3, -0.25) is 0 Å². The van der Waals surface area contributed by atoms with E-state index in [1.165, 1.54) is 11.1 Å². The second kappa shape index (κ2) is 13.2. The molecule has 5 heteroatoms. The number of hydrogen-bond donors (Lipinski definition) is 1. The monoisotopic (exact) mass is 708 g/mol. The maximum atomic E-state index is 12.0. The van der Waals surface area contributed by atoms with Gasteiger partial charge in [0.05, 0.1) is 0 Å². The zero-order valence-corrected chi connectivity index (χ0v) is 35.2. The van der Waals surface area contributed by atoms with Crippen molar-refractivity contribution in [2.24, 2.45) is 0 Å². The highest BCUT2D eigenvalue weighted by molar-refractivity contribution is 7.43. The lowest BCUT2D eigenvalue weighted by atomic mass is 9.79. The first-order chi connectivity index (χ1) is 23.3. The van der Waals surface area contributed by atoms with Crippen molar-refractivity contribution in [3.63, 3.8) is 0 Å². The Balaban J connectivity index is 1.86. The van der Waals surface area contributed by atoms with E-state index in [0.29, 0.717) is 5.75 Å². The Bertz CT molecular complexity index is 1900. The van der Waals surface area contributed by atoms with Gasteiger partial charge in [-0.05, 0) is 72.6 Å². The van der Waals surface area contributed by atoms with E-state index < -0.39 is 8.60 Å². The summed E-state index contributed by atoms with van der Waals surface area (Å²) in [6.07, 6.45) is 0. The lowest BCUT2D eigenvalue weighted by molar-refractivity contribution is 0.363. The first kappa shape index (κ1) is 38.7. The van der Waals surface area contributed by atoms with Crippen molar-refractivity contribution in [2.75, 3.05) is 0 Å². The van der Waals surface area contributed by atoms with Crippen molar-refractivity contribution >= 4 is 8.60 Å². The molecule has 1 heterocycles. The molecule has 1 N–H and O–H groups in total. The molecule has 0 aromatic heterocycles. The van der Waals surface area contributed by atoms with Gasteiger partial charge in [0.2, 0.25) is 0 Å². The zero-order valence-electron chi connectivity index (χ0n) is 34.3. The van der Waals surface area contributed by atoms with Gasteiger partial charge in [-0.2, -0.15) is 0 Å². The Morgan fingerprint density at radius 2 is 0.863 bits per heavy atom. The number of aryl methyl sites for hydroxylation is 4. The molecule has 0 radical (unpaired) electrons. The smallest absolute Gasteiger partial charge is 0.507 e. The second-order valence-electron chi connectivity index (χ2n) is 19.1. The Hall–Kier alpha value is -3.49. The molecule has 5 rings (SSSR count). The standard InChI is InChI=1S/C46H61O4P/c1-26-18-31-30(5)32-19-27(2)24-37(45(12,13)14)41(32)49-51(48-40(31)36(23-26)44(9,10)11)50-42-34(21-29(4)25-38(42)46(15,16)17)33-20-28(3)22-35(39(33)47)43(6,7)8/h18-25,30,47H,1-17H3. The minimum Gasteiger partial charge on any atom is -0.507 e. The fourth-order valence-electron chi connectivity index (χ4n) is 7.20. The van der Waals surface area contributed by atoms with E-state index in [2.05, 4.69) is 166 Å². The average Bonchev–Trinajstić information content (AvgIpc) is 2.96. The van der Waals surface area contributed by atoms with Crippen LogP contribution in [-0.2, 0) is 21.7 Å². The lowest BCUT2D eigenvalue weighted by Gasteiger charge is -2.35. The molecule has 0 spiro atoms. The highest BCUT2D eigenvalue weighted by Crippen LogP contribution is 2.57. The van der Waals surface area contributed by atoms with Gasteiger partial charge in [0.1, 0.15) is 23.0 Å². The van der Waals surface area contributed by atoms with E-state index in [-0.39, 0.29) is 33.3 Å². The topological polar surface area (TPSA) is 47.9 Å². The maximum Gasteiger partial charge on any atom is 0.530 e. The van der Waals surface area contributed by atoms with E-state index >= 15 is 0 Å². The third kappa shape index (κ3) is 7.83. The molecule has 1 aliphatic rings. The Kier molecular flexibility index (Phi) is 10.0. The SMILES string of the molecule is Cc1cc(-c2cc(C)cc(C(C)(C)C)c2OP2Oc3c(cc(C)cc3C(C)(C)C)C(C)c3cc(C)cc(C(C)(C)C)c3O2)c(O)c(C(C)(C)C)c1. The third-order valence-electron chi connectivity index (χ3n) is 9.96. The van der Waals surface area contributed by atoms with Crippen LogP contribution in [0, 0.1) is 27.7 Å². The molecule has 0 saturated carbocycles. The van der Waals surface area contributed by atoms with Crippen molar-refractivity contribution < 1.29 is 18.7 Å². The molecule has 4 aromatic carbocycles. The normalized spacial score (nSPS) is 16.7. The van der Waals surface area contributed by atoms with Crippen LogP contribution < -0.4 is 13.6 Å². The van der Waals surface area contributed by atoms with Crippen LogP contribution in [0.2, 0.25) is 0 Å². The summed E-state index contributed by atoms with van der Waals surface area (Å²) < 4.78 is 21.6. The lowest BCUT2D eigenvalue weighted by Crippen LogP contribution is -2.21. The summed E-state index contributed by atoms with van der Waals surface area (Å²) in [5.41, 5.74) is 11.7. The largest absolute Gasteiger partial charge is 0.530 e. The van der Waals surface area contributed by atoms with Gasteiger partial charge in [0, 0.05) is 50.4 Å². The number of aromatic hydroxyl groups is 1. The van der Waals surface area contributed by atoms with Crippen LogP contribution in [0.3, 0.4) is 0 Å². The minimum absolute atomic E-state index is 0.0225. The highest BCUT2D eigenvalue weighted by atomic mass is 31.2. The molecule has 51 heavy (non-hydrogen) atoms. The van der Waals surface area contributed by atoms with Crippen LogP contribution >= 0.6 is 8.60 Å². The number of benzene rings is 4. The molecule has 0 amide bonds. The summed E-state index contributed by atoms with van der Waals surface area (Å²) in [7, 11) is -2.04. The fraction of sp³-hybridized carbons (Fsp3) is 0.478. The predicted molar refractivity (Wildman–Crippen MR) is 216 cm³/mol. The quantitative estimate of drug-likeness (QED) is 0.215. The van der Waals surface area contributed by atoms with Gasteiger partial charge in [0.15, 0.2) is 0 Å². The first-order valence-corrected chi connectivity index (χ1v) is 19.5. The Labute approximate surface area is 310 Å². The van der Waals surface area contributed by atoms with Gasteiger partial charge in [-0.25, -0.2) is 0 Å². The minimum atomic E-state index is -2.04. The molecule has 274 valence electrons. The molecule has 0 atom stereocenters. The summed E-state index contributed by atoms with van der Waals surface area (Å²) >= 11 is 0. The summed E-state index contributed by atoms with van der Waals surface area (Å²) in [5.74, 6) is 2.63. The summed E-state index contributed by atoms with van der Waals surface area (Å²) in [5, 5.41) is 12.0. The highest BCUT2D eigenvalue weighted by Gasteiger charge is 2.38.